The van der Waals surface area contributed by atoms with Gasteiger partial charge in [0.15, 0.2) is 0 Å². The molecule has 3 amide bonds. The summed E-state index contributed by atoms with van der Waals surface area (Å²) in [6.07, 6.45) is 1.62. The molecule has 2 aliphatic rings. The van der Waals surface area contributed by atoms with Gasteiger partial charge in [0.1, 0.15) is 23.9 Å². The summed E-state index contributed by atoms with van der Waals surface area (Å²) in [6, 6.07) is 9.07. The van der Waals surface area contributed by atoms with E-state index in [1.165, 1.54) is 28.0 Å². The number of amides is 3. The lowest BCUT2D eigenvalue weighted by molar-refractivity contribution is -0.159. The number of aliphatic hydroxyl groups is 1. The van der Waals surface area contributed by atoms with Crippen molar-refractivity contribution in [3.63, 3.8) is 0 Å². The average molecular weight is 496 g/mol. The standard InChI is InChI=1S/C28H34FN3O4/c1-16(2)11-23-26(34)30-24(20-13-18-7-5-6-8-19(18)14-20)27(35)32(23)25(28(36)31(3)4)21-10-9-17(15-33)12-22(21)29/h5-10,12,16,20,23-25,33H,11,13-15H2,1-4H3,(H,30,34)/t23-,24-,25-/m1/s1. The van der Waals surface area contributed by atoms with Crippen molar-refractivity contribution < 1.29 is 23.9 Å². The summed E-state index contributed by atoms with van der Waals surface area (Å²) in [5.74, 6) is -1.99. The van der Waals surface area contributed by atoms with Gasteiger partial charge in [0.05, 0.1) is 6.61 Å². The second kappa shape index (κ2) is 10.4. The Bertz CT molecular complexity index is 1140. The maximum absolute atomic E-state index is 15.3. The van der Waals surface area contributed by atoms with Gasteiger partial charge in [0.25, 0.3) is 0 Å². The Morgan fingerprint density at radius 3 is 2.31 bits per heavy atom. The fraction of sp³-hybridized carbons (Fsp3) is 0.464. The summed E-state index contributed by atoms with van der Waals surface area (Å²) in [7, 11) is 3.10. The van der Waals surface area contributed by atoms with Gasteiger partial charge in [-0.05, 0) is 53.9 Å². The summed E-state index contributed by atoms with van der Waals surface area (Å²) >= 11 is 0. The molecule has 4 rings (SSSR count). The quantitative estimate of drug-likeness (QED) is 0.618. The van der Waals surface area contributed by atoms with Crippen LogP contribution in [-0.2, 0) is 33.8 Å². The van der Waals surface area contributed by atoms with Crippen LogP contribution in [0.25, 0.3) is 0 Å². The van der Waals surface area contributed by atoms with E-state index in [0.29, 0.717) is 24.8 Å². The predicted molar refractivity (Wildman–Crippen MR) is 133 cm³/mol. The maximum Gasteiger partial charge on any atom is 0.249 e. The number of hydrogen-bond acceptors (Lipinski definition) is 4. The van der Waals surface area contributed by atoms with E-state index in [4.69, 9.17) is 0 Å². The molecule has 2 N–H and O–H groups in total. The molecule has 1 heterocycles. The molecule has 1 saturated heterocycles. The number of fused-ring (bicyclic) bond motifs is 1. The smallest absolute Gasteiger partial charge is 0.249 e. The zero-order valence-corrected chi connectivity index (χ0v) is 21.2. The monoisotopic (exact) mass is 495 g/mol. The van der Waals surface area contributed by atoms with Gasteiger partial charge in [0, 0.05) is 19.7 Å². The fourth-order valence-electron chi connectivity index (χ4n) is 5.41. The molecule has 2 aromatic carbocycles. The summed E-state index contributed by atoms with van der Waals surface area (Å²) in [5, 5.41) is 12.4. The molecule has 1 fully saturated rings. The fourth-order valence-corrected chi connectivity index (χ4v) is 5.41. The van der Waals surface area contributed by atoms with E-state index in [-0.39, 0.29) is 35.8 Å². The molecule has 1 aliphatic carbocycles. The minimum Gasteiger partial charge on any atom is -0.392 e. The number of nitrogens with one attached hydrogen (secondary N) is 1. The predicted octanol–water partition coefficient (Wildman–Crippen LogP) is 2.60. The zero-order valence-electron chi connectivity index (χ0n) is 21.2. The largest absolute Gasteiger partial charge is 0.392 e. The Labute approximate surface area is 211 Å². The summed E-state index contributed by atoms with van der Waals surface area (Å²) in [5.41, 5.74) is 2.66. The van der Waals surface area contributed by atoms with Crippen LogP contribution in [-0.4, -0.2) is 58.8 Å². The topological polar surface area (TPSA) is 90.0 Å². The van der Waals surface area contributed by atoms with E-state index in [1.807, 2.05) is 38.1 Å². The third kappa shape index (κ3) is 4.87. The van der Waals surface area contributed by atoms with Gasteiger partial charge in [0.2, 0.25) is 17.7 Å². The van der Waals surface area contributed by atoms with Gasteiger partial charge in [-0.25, -0.2) is 4.39 Å². The van der Waals surface area contributed by atoms with Crippen LogP contribution >= 0.6 is 0 Å². The van der Waals surface area contributed by atoms with Gasteiger partial charge in [-0.15, -0.1) is 0 Å². The minimum absolute atomic E-state index is 0.0103. The number of nitrogens with zero attached hydrogens (tertiary/aromatic N) is 2. The first-order valence-corrected chi connectivity index (χ1v) is 12.4. The molecule has 192 valence electrons. The second-order valence-electron chi connectivity index (χ2n) is 10.5. The highest BCUT2D eigenvalue weighted by Gasteiger charge is 2.50. The Kier molecular flexibility index (Phi) is 7.45. The van der Waals surface area contributed by atoms with Crippen LogP contribution in [0.3, 0.4) is 0 Å². The molecule has 7 nitrogen and oxygen atoms in total. The molecule has 3 atom stereocenters. The Morgan fingerprint density at radius 2 is 1.78 bits per heavy atom. The van der Waals surface area contributed by atoms with Gasteiger partial charge >= 0.3 is 0 Å². The van der Waals surface area contributed by atoms with Crippen LogP contribution in [0.15, 0.2) is 42.5 Å². The van der Waals surface area contributed by atoms with E-state index in [1.54, 1.807) is 14.1 Å². The third-order valence-corrected chi connectivity index (χ3v) is 7.20. The molecule has 8 heteroatoms. The number of rotatable bonds is 7. The van der Waals surface area contributed by atoms with Crippen LogP contribution in [0.5, 0.6) is 0 Å². The molecule has 1 aliphatic heterocycles. The number of aliphatic hydroxyl groups excluding tert-OH is 1. The van der Waals surface area contributed by atoms with E-state index >= 15 is 4.39 Å². The van der Waals surface area contributed by atoms with E-state index < -0.39 is 29.8 Å². The van der Waals surface area contributed by atoms with Gasteiger partial charge in [-0.1, -0.05) is 50.2 Å². The van der Waals surface area contributed by atoms with Crippen LogP contribution in [0.1, 0.15) is 48.6 Å². The lowest BCUT2D eigenvalue weighted by atomic mass is 9.87. The highest BCUT2D eigenvalue weighted by Crippen LogP contribution is 2.36. The average Bonchev–Trinajstić information content (AvgIpc) is 3.27. The molecule has 0 unspecified atom stereocenters. The van der Waals surface area contributed by atoms with Crippen molar-refractivity contribution in [3.05, 3.63) is 70.5 Å². The number of hydrogen-bond donors (Lipinski definition) is 2. The highest BCUT2D eigenvalue weighted by molar-refractivity contribution is 6.00. The van der Waals surface area contributed by atoms with E-state index in [9.17, 15) is 19.5 Å². The molecule has 2 aromatic rings. The maximum atomic E-state index is 15.3. The van der Waals surface area contributed by atoms with Crippen molar-refractivity contribution >= 4 is 17.7 Å². The Hall–Kier alpha value is -3.26. The molecule has 0 radical (unpaired) electrons. The van der Waals surface area contributed by atoms with Crippen molar-refractivity contribution in [1.29, 1.82) is 0 Å². The lowest BCUT2D eigenvalue weighted by Gasteiger charge is -2.45. The van der Waals surface area contributed by atoms with Crippen molar-refractivity contribution in [1.82, 2.24) is 15.1 Å². The van der Waals surface area contributed by atoms with Gasteiger partial charge in [-0.2, -0.15) is 0 Å². The number of halogens is 1. The third-order valence-electron chi connectivity index (χ3n) is 7.20. The summed E-state index contributed by atoms with van der Waals surface area (Å²) in [4.78, 5) is 43.8. The SMILES string of the molecule is CC(C)C[C@@H]1C(=O)N[C@H](C2Cc3ccccc3C2)C(=O)N1[C@@H](C(=O)N(C)C)c1ccc(CO)cc1F. The number of piperazine rings is 1. The zero-order chi connectivity index (χ0) is 26.1. The van der Waals surface area contributed by atoms with Crippen LogP contribution in [0, 0.1) is 17.7 Å². The Morgan fingerprint density at radius 1 is 1.14 bits per heavy atom. The highest BCUT2D eigenvalue weighted by atomic mass is 19.1. The van der Waals surface area contributed by atoms with Crippen molar-refractivity contribution in [2.45, 2.75) is 57.8 Å². The number of benzene rings is 2. The first-order chi connectivity index (χ1) is 17.1. The van der Waals surface area contributed by atoms with Gasteiger partial charge < -0.3 is 20.2 Å². The van der Waals surface area contributed by atoms with Crippen molar-refractivity contribution in [2.24, 2.45) is 11.8 Å². The van der Waals surface area contributed by atoms with Crippen molar-refractivity contribution in [2.75, 3.05) is 14.1 Å². The Balaban J connectivity index is 1.79. The summed E-state index contributed by atoms with van der Waals surface area (Å²) in [6.45, 7) is 3.53. The molecule has 0 saturated carbocycles. The molecule has 36 heavy (non-hydrogen) atoms. The lowest BCUT2D eigenvalue weighted by Crippen LogP contribution is -2.67. The van der Waals surface area contributed by atoms with Gasteiger partial charge in [-0.3, -0.25) is 14.4 Å². The molecule has 0 aromatic heterocycles. The summed E-state index contributed by atoms with van der Waals surface area (Å²) < 4.78 is 15.3. The van der Waals surface area contributed by atoms with E-state index in [0.717, 1.165) is 11.1 Å². The number of carbonyl (C=O) groups excluding carboxylic acids is 3. The number of likely N-dealkylation sites (N-methyl/N-ethyl adjacent to an activating group) is 1. The van der Waals surface area contributed by atoms with Crippen molar-refractivity contribution in [3.8, 4) is 0 Å². The molecular weight excluding hydrogens is 461 g/mol. The van der Waals surface area contributed by atoms with Crippen LogP contribution in [0.2, 0.25) is 0 Å². The minimum atomic E-state index is -1.30. The second-order valence-corrected chi connectivity index (χ2v) is 10.5. The molecule has 0 spiro atoms. The number of carbonyl (C=O) groups is 3. The van der Waals surface area contributed by atoms with Crippen LogP contribution < -0.4 is 5.32 Å². The first-order valence-electron chi connectivity index (χ1n) is 12.4. The molecular formula is C28H34FN3O4. The first kappa shape index (κ1) is 25.8. The normalized spacial score (nSPS) is 20.9. The van der Waals surface area contributed by atoms with Crippen LogP contribution in [0.4, 0.5) is 4.39 Å². The molecule has 0 bridgehead atoms. The van der Waals surface area contributed by atoms with E-state index in [2.05, 4.69) is 5.32 Å².